The Balaban J connectivity index is 2.71. The van der Waals surface area contributed by atoms with Gasteiger partial charge in [-0.3, -0.25) is 4.79 Å². The van der Waals surface area contributed by atoms with Crippen LogP contribution in [0.2, 0.25) is 0 Å². The summed E-state index contributed by atoms with van der Waals surface area (Å²) in [5, 5.41) is 2.77. The highest BCUT2D eigenvalue weighted by Gasteiger charge is 2.21. The van der Waals surface area contributed by atoms with Crippen LogP contribution in [0.15, 0.2) is 24.3 Å². The number of rotatable bonds is 3. The Morgan fingerprint density at radius 1 is 1.29 bits per heavy atom. The van der Waals surface area contributed by atoms with E-state index in [9.17, 15) is 4.79 Å². The lowest BCUT2D eigenvalue weighted by molar-refractivity contribution is -0.119. The summed E-state index contributed by atoms with van der Waals surface area (Å²) in [6.45, 7) is 8.47. The zero-order valence-corrected chi connectivity index (χ0v) is 11.1. The van der Waals surface area contributed by atoms with Crippen LogP contribution in [0.3, 0.4) is 0 Å². The molecule has 1 atom stereocenters. The van der Waals surface area contributed by atoms with Crippen LogP contribution in [0.4, 0.5) is 0 Å². The van der Waals surface area contributed by atoms with Gasteiger partial charge in [-0.25, -0.2) is 0 Å². The fourth-order valence-electron chi connectivity index (χ4n) is 1.57. The minimum atomic E-state index is -0.0135. The van der Waals surface area contributed by atoms with Crippen molar-refractivity contribution < 1.29 is 4.79 Å². The summed E-state index contributed by atoms with van der Waals surface area (Å²) in [6, 6.07) is 8.12. The quantitative estimate of drug-likeness (QED) is 0.843. The van der Waals surface area contributed by atoms with Crippen molar-refractivity contribution in [2.24, 2.45) is 11.1 Å². The van der Waals surface area contributed by atoms with E-state index in [-0.39, 0.29) is 17.4 Å². The van der Waals surface area contributed by atoms with E-state index >= 15 is 0 Å². The molecule has 17 heavy (non-hydrogen) atoms. The summed E-state index contributed by atoms with van der Waals surface area (Å²) in [5.74, 6) is -0.0135. The van der Waals surface area contributed by atoms with Crippen LogP contribution >= 0.6 is 0 Å². The second-order valence-corrected chi connectivity index (χ2v) is 5.50. The van der Waals surface area contributed by atoms with Gasteiger partial charge in [0, 0.05) is 19.5 Å². The number of hydrogen-bond donors (Lipinski definition) is 2. The van der Waals surface area contributed by atoms with Crippen molar-refractivity contribution in [3.8, 4) is 0 Å². The highest BCUT2D eigenvalue weighted by molar-refractivity contribution is 5.72. The van der Waals surface area contributed by atoms with Crippen molar-refractivity contribution in [1.82, 2.24) is 5.32 Å². The van der Waals surface area contributed by atoms with Crippen LogP contribution in [0.25, 0.3) is 0 Å². The van der Waals surface area contributed by atoms with E-state index in [0.717, 1.165) is 11.1 Å². The lowest BCUT2D eigenvalue weighted by Crippen LogP contribution is -2.26. The molecule has 94 valence electrons. The lowest BCUT2D eigenvalue weighted by Gasteiger charge is -2.27. The molecule has 0 saturated carbocycles. The monoisotopic (exact) mass is 234 g/mol. The molecule has 0 aliphatic carbocycles. The first-order valence-electron chi connectivity index (χ1n) is 5.89. The zero-order chi connectivity index (χ0) is 13.1. The molecule has 3 N–H and O–H groups in total. The SMILES string of the molecule is CC(=O)NCc1ccc(C(N)C(C)(C)C)cc1. The predicted octanol–water partition coefficient (Wildman–Crippen LogP) is 2.37. The van der Waals surface area contributed by atoms with Gasteiger partial charge in [0.15, 0.2) is 0 Å². The molecular formula is C14H22N2O. The largest absolute Gasteiger partial charge is 0.352 e. The Labute approximate surface area is 103 Å². The molecule has 0 radical (unpaired) electrons. The van der Waals surface area contributed by atoms with Gasteiger partial charge in [-0.15, -0.1) is 0 Å². The molecule has 0 saturated heterocycles. The van der Waals surface area contributed by atoms with Gasteiger partial charge in [0.2, 0.25) is 5.91 Å². The maximum Gasteiger partial charge on any atom is 0.217 e. The number of carbonyl (C=O) groups is 1. The van der Waals surface area contributed by atoms with Crippen molar-refractivity contribution in [2.75, 3.05) is 0 Å². The van der Waals surface area contributed by atoms with E-state index in [2.05, 4.69) is 26.1 Å². The van der Waals surface area contributed by atoms with E-state index in [0.29, 0.717) is 6.54 Å². The van der Waals surface area contributed by atoms with Crippen LogP contribution in [0.5, 0.6) is 0 Å². The lowest BCUT2D eigenvalue weighted by atomic mass is 9.83. The third kappa shape index (κ3) is 4.19. The van der Waals surface area contributed by atoms with E-state index < -0.39 is 0 Å². The standard InChI is InChI=1S/C14H22N2O/c1-10(17)16-9-11-5-7-12(8-6-11)13(15)14(2,3)4/h5-8,13H,9,15H2,1-4H3,(H,16,17). The fourth-order valence-corrected chi connectivity index (χ4v) is 1.57. The third-order valence-corrected chi connectivity index (χ3v) is 2.81. The third-order valence-electron chi connectivity index (χ3n) is 2.81. The first kappa shape index (κ1) is 13.7. The van der Waals surface area contributed by atoms with Crippen molar-refractivity contribution >= 4 is 5.91 Å². The first-order chi connectivity index (χ1) is 7.80. The molecule has 0 aliphatic rings. The molecule has 0 heterocycles. The molecule has 3 heteroatoms. The molecule has 0 aliphatic heterocycles. The number of carbonyl (C=O) groups excluding carboxylic acids is 1. The van der Waals surface area contributed by atoms with Gasteiger partial charge in [-0.05, 0) is 16.5 Å². The summed E-state index contributed by atoms with van der Waals surface area (Å²) in [5.41, 5.74) is 8.45. The number of amides is 1. The zero-order valence-electron chi connectivity index (χ0n) is 11.1. The van der Waals surface area contributed by atoms with Crippen LogP contribution in [0, 0.1) is 5.41 Å². The fraction of sp³-hybridized carbons (Fsp3) is 0.500. The predicted molar refractivity (Wildman–Crippen MR) is 70.3 cm³/mol. The topological polar surface area (TPSA) is 55.1 Å². The van der Waals surface area contributed by atoms with Crippen LogP contribution in [0.1, 0.15) is 44.9 Å². The maximum absolute atomic E-state index is 10.8. The van der Waals surface area contributed by atoms with Gasteiger partial charge in [-0.1, -0.05) is 45.0 Å². The molecule has 1 rings (SSSR count). The summed E-state index contributed by atoms with van der Waals surface area (Å²) in [7, 11) is 0. The second-order valence-electron chi connectivity index (χ2n) is 5.50. The van der Waals surface area contributed by atoms with Gasteiger partial charge in [0.25, 0.3) is 0 Å². The molecular weight excluding hydrogens is 212 g/mol. The number of hydrogen-bond acceptors (Lipinski definition) is 2. The molecule has 0 fully saturated rings. The van der Waals surface area contributed by atoms with Crippen molar-refractivity contribution in [1.29, 1.82) is 0 Å². The van der Waals surface area contributed by atoms with Crippen molar-refractivity contribution in [2.45, 2.75) is 40.3 Å². The molecule has 3 nitrogen and oxygen atoms in total. The van der Waals surface area contributed by atoms with E-state index in [1.54, 1.807) is 0 Å². The Hall–Kier alpha value is -1.35. The molecule has 1 aromatic rings. The molecule has 1 amide bonds. The van der Waals surface area contributed by atoms with Crippen molar-refractivity contribution in [3.05, 3.63) is 35.4 Å². The normalized spacial score (nSPS) is 13.2. The Morgan fingerprint density at radius 3 is 2.24 bits per heavy atom. The minimum Gasteiger partial charge on any atom is -0.352 e. The van der Waals surface area contributed by atoms with Gasteiger partial charge >= 0.3 is 0 Å². The summed E-state index contributed by atoms with van der Waals surface area (Å²) in [4.78, 5) is 10.8. The van der Waals surface area contributed by atoms with Crippen molar-refractivity contribution in [3.63, 3.8) is 0 Å². The Morgan fingerprint density at radius 2 is 1.82 bits per heavy atom. The first-order valence-corrected chi connectivity index (χ1v) is 5.89. The number of benzene rings is 1. The molecule has 1 aromatic carbocycles. The van der Waals surface area contributed by atoms with Gasteiger partial charge < -0.3 is 11.1 Å². The van der Waals surface area contributed by atoms with Gasteiger partial charge in [-0.2, -0.15) is 0 Å². The number of nitrogens with two attached hydrogens (primary N) is 1. The van der Waals surface area contributed by atoms with Crippen LogP contribution in [-0.4, -0.2) is 5.91 Å². The summed E-state index contributed by atoms with van der Waals surface area (Å²) in [6.07, 6.45) is 0. The van der Waals surface area contributed by atoms with E-state index in [1.807, 2.05) is 24.3 Å². The average Bonchev–Trinajstić information content (AvgIpc) is 2.25. The summed E-state index contributed by atoms with van der Waals surface area (Å²) < 4.78 is 0. The minimum absolute atomic E-state index is 0.0135. The Bertz CT molecular complexity index is 376. The van der Waals surface area contributed by atoms with Crippen LogP contribution in [-0.2, 0) is 11.3 Å². The smallest absolute Gasteiger partial charge is 0.217 e. The molecule has 1 unspecified atom stereocenters. The highest BCUT2D eigenvalue weighted by atomic mass is 16.1. The van der Waals surface area contributed by atoms with Gasteiger partial charge in [0.05, 0.1) is 0 Å². The second kappa shape index (κ2) is 5.32. The molecule has 0 bridgehead atoms. The molecule has 0 aromatic heterocycles. The molecule has 0 spiro atoms. The average molecular weight is 234 g/mol. The maximum atomic E-state index is 10.8. The van der Waals surface area contributed by atoms with Crippen LogP contribution < -0.4 is 11.1 Å². The number of nitrogens with one attached hydrogen (secondary N) is 1. The summed E-state index contributed by atoms with van der Waals surface area (Å²) >= 11 is 0. The Kier molecular flexibility index (Phi) is 4.29. The van der Waals surface area contributed by atoms with E-state index in [1.165, 1.54) is 6.92 Å². The van der Waals surface area contributed by atoms with Gasteiger partial charge in [0.1, 0.15) is 0 Å². The van der Waals surface area contributed by atoms with E-state index in [4.69, 9.17) is 5.73 Å². The highest BCUT2D eigenvalue weighted by Crippen LogP contribution is 2.30.